The van der Waals surface area contributed by atoms with Crippen molar-refractivity contribution in [3.63, 3.8) is 0 Å². The number of sulfonamides is 1. The van der Waals surface area contributed by atoms with Gasteiger partial charge >= 0.3 is 0 Å². The summed E-state index contributed by atoms with van der Waals surface area (Å²) in [5.74, 6) is -0.229. The summed E-state index contributed by atoms with van der Waals surface area (Å²) in [6.45, 7) is 0.150. The highest BCUT2D eigenvalue weighted by Crippen LogP contribution is 2.22. The van der Waals surface area contributed by atoms with Crippen LogP contribution in [-0.4, -0.2) is 32.7 Å². The SMILES string of the molecule is CN(C)S(=O)(=O)c1ccccc1CNC(=O)c1ccc(Br)s1. The summed E-state index contributed by atoms with van der Waals surface area (Å²) in [4.78, 5) is 12.8. The van der Waals surface area contributed by atoms with Gasteiger partial charge in [0.25, 0.3) is 5.91 Å². The molecule has 0 bridgehead atoms. The number of nitrogens with one attached hydrogen (secondary N) is 1. The van der Waals surface area contributed by atoms with Crippen molar-refractivity contribution in [2.24, 2.45) is 0 Å². The number of hydrogen-bond donors (Lipinski definition) is 1. The van der Waals surface area contributed by atoms with E-state index in [4.69, 9.17) is 0 Å². The minimum Gasteiger partial charge on any atom is -0.347 e. The third kappa shape index (κ3) is 3.75. The van der Waals surface area contributed by atoms with Crippen molar-refractivity contribution in [1.29, 1.82) is 0 Å². The first-order chi connectivity index (χ1) is 10.3. The second-order valence-electron chi connectivity index (χ2n) is 4.68. The quantitative estimate of drug-likeness (QED) is 0.835. The molecule has 2 aromatic rings. The first-order valence-corrected chi connectivity index (χ1v) is 9.41. The Morgan fingerprint density at radius 1 is 1.23 bits per heavy atom. The second-order valence-corrected chi connectivity index (χ2v) is 9.26. The smallest absolute Gasteiger partial charge is 0.261 e. The molecule has 0 fully saturated rings. The zero-order valence-corrected chi connectivity index (χ0v) is 15.3. The molecular formula is C14H15BrN2O3S2. The summed E-state index contributed by atoms with van der Waals surface area (Å²) in [6, 6.07) is 10.2. The van der Waals surface area contributed by atoms with Gasteiger partial charge in [0, 0.05) is 20.6 Å². The molecule has 1 aromatic heterocycles. The van der Waals surface area contributed by atoms with Crippen molar-refractivity contribution in [3.8, 4) is 0 Å². The van der Waals surface area contributed by atoms with E-state index in [1.165, 1.54) is 25.4 Å². The number of nitrogens with zero attached hydrogens (tertiary/aromatic N) is 1. The van der Waals surface area contributed by atoms with Crippen molar-refractivity contribution < 1.29 is 13.2 Å². The molecule has 0 unspecified atom stereocenters. The number of amides is 1. The summed E-state index contributed by atoms with van der Waals surface area (Å²) in [6.07, 6.45) is 0. The van der Waals surface area contributed by atoms with E-state index in [0.717, 1.165) is 8.09 Å². The predicted octanol–water partition coefficient (Wildman–Crippen LogP) is 2.69. The van der Waals surface area contributed by atoms with E-state index in [-0.39, 0.29) is 17.3 Å². The van der Waals surface area contributed by atoms with Crippen molar-refractivity contribution >= 4 is 43.2 Å². The van der Waals surface area contributed by atoms with Crippen LogP contribution in [0.25, 0.3) is 0 Å². The van der Waals surface area contributed by atoms with E-state index < -0.39 is 10.0 Å². The summed E-state index contributed by atoms with van der Waals surface area (Å²) >= 11 is 4.63. The first kappa shape index (κ1) is 17.1. The molecule has 0 saturated carbocycles. The van der Waals surface area contributed by atoms with Crippen molar-refractivity contribution in [1.82, 2.24) is 9.62 Å². The lowest BCUT2D eigenvalue weighted by atomic mass is 10.2. The Hall–Kier alpha value is -1.22. The topological polar surface area (TPSA) is 66.5 Å². The Bertz CT molecular complexity index is 785. The van der Waals surface area contributed by atoms with Gasteiger partial charge in [-0.2, -0.15) is 0 Å². The zero-order chi connectivity index (χ0) is 16.3. The maximum absolute atomic E-state index is 12.3. The molecule has 0 aliphatic carbocycles. The van der Waals surface area contributed by atoms with E-state index in [0.29, 0.717) is 10.4 Å². The third-order valence-corrected chi connectivity index (χ3v) is 6.51. The monoisotopic (exact) mass is 402 g/mol. The molecule has 1 heterocycles. The average molecular weight is 403 g/mol. The van der Waals surface area contributed by atoms with E-state index in [1.807, 2.05) is 0 Å². The lowest BCUT2D eigenvalue weighted by Crippen LogP contribution is -2.26. The molecule has 0 aliphatic rings. The van der Waals surface area contributed by atoms with Crippen LogP contribution in [0.5, 0.6) is 0 Å². The van der Waals surface area contributed by atoms with Gasteiger partial charge in [0.1, 0.15) is 0 Å². The number of hydrogen-bond acceptors (Lipinski definition) is 4. The molecule has 5 nitrogen and oxygen atoms in total. The van der Waals surface area contributed by atoms with Crippen LogP contribution in [0, 0.1) is 0 Å². The minimum atomic E-state index is -3.54. The molecule has 1 aromatic carbocycles. The van der Waals surface area contributed by atoms with Gasteiger partial charge in [0.15, 0.2) is 0 Å². The Balaban J connectivity index is 2.19. The molecule has 0 saturated heterocycles. The van der Waals surface area contributed by atoms with Gasteiger partial charge in [0.2, 0.25) is 10.0 Å². The molecular weight excluding hydrogens is 388 g/mol. The van der Waals surface area contributed by atoms with Crippen LogP contribution in [0.2, 0.25) is 0 Å². The van der Waals surface area contributed by atoms with Crippen molar-refractivity contribution in [2.75, 3.05) is 14.1 Å². The fraction of sp³-hybridized carbons (Fsp3) is 0.214. The van der Waals surface area contributed by atoms with Crippen LogP contribution in [-0.2, 0) is 16.6 Å². The number of benzene rings is 1. The third-order valence-electron chi connectivity index (χ3n) is 2.97. The molecule has 0 radical (unpaired) electrons. The number of halogens is 1. The van der Waals surface area contributed by atoms with Gasteiger partial charge in [-0.1, -0.05) is 18.2 Å². The standard InChI is InChI=1S/C14H15BrN2O3S2/c1-17(2)22(19,20)12-6-4-3-5-10(12)9-16-14(18)11-7-8-13(15)21-11/h3-8H,9H2,1-2H3,(H,16,18). The highest BCUT2D eigenvalue weighted by molar-refractivity contribution is 9.11. The molecule has 2 rings (SSSR count). The average Bonchev–Trinajstić information content (AvgIpc) is 2.91. The van der Waals surface area contributed by atoms with Crippen LogP contribution in [0.4, 0.5) is 0 Å². The molecule has 1 N–H and O–H groups in total. The van der Waals surface area contributed by atoms with Crippen LogP contribution in [0.3, 0.4) is 0 Å². The molecule has 8 heteroatoms. The lowest BCUT2D eigenvalue weighted by Gasteiger charge is -2.15. The van der Waals surface area contributed by atoms with Gasteiger partial charge in [0.05, 0.1) is 13.6 Å². The molecule has 1 amide bonds. The van der Waals surface area contributed by atoms with Crippen molar-refractivity contribution in [2.45, 2.75) is 11.4 Å². The molecule has 0 atom stereocenters. The molecule has 0 aliphatic heterocycles. The molecule has 0 spiro atoms. The second kappa shape index (κ2) is 6.91. The fourth-order valence-corrected chi connectivity index (χ4v) is 4.22. The van der Waals surface area contributed by atoms with E-state index in [9.17, 15) is 13.2 Å². The Kier molecular flexibility index (Phi) is 5.38. The number of carbonyl (C=O) groups is 1. The summed E-state index contributed by atoms with van der Waals surface area (Å²) in [5, 5.41) is 2.75. The van der Waals surface area contributed by atoms with Gasteiger partial charge in [-0.25, -0.2) is 12.7 Å². The van der Waals surface area contributed by atoms with E-state index >= 15 is 0 Å². The number of thiophene rings is 1. The Morgan fingerprint density at radius 2 is 1.91 bits per heavy atom. The summed E-state index contributed by atoms with van der Waals surface area (Å²) in [5.41, 5.74) is 0.556. The summed E-state index contributed by atoms with van der Waals surface area (Å²) in [7, 11) is -0.579. The highest BCUT2D eigenvalue weighted by Gasteiger charge is 2.21. The van der Waals surface area contributed by atoms with Gasteiger partial charge in [-0.3, -0.25) is 4.79 Å². The van der Waals surface area contributed by atoms with Gasteiger partial charge in [-0.05, 0) is 39.7 Å². The first-order valence-electron chi connectivity index (χ1n) is 6.36. The number of rotatable bonds is 5. The van der Waals surface area contributed by atoms with Crippen LogP contribution in [0.1, 0.15) is 15.2 Å². The highest BCUT2D eigenvalue weighted by atomic mass is 79.9. The van der Waals surface area contributed by atoms with Crippen LogP contribution < -0.4 is 5.32 Å². The lowest BCUT2D eigenvalue weighted by molar-refractivity contribution is 0.0954. The Labute approximate surface area is 142 Å². The largest absolute Gasteiger partial charge is 0.347 e. The fourth-order valence-electron chi connectivity index (χ4n) is 1.80. The Morgan fingerprint density at radius 3 is 2.50 bits per heavy atom. The minimum absolute atomic E-state index is 0.150. The van der Waals surface area contributed by atoms with E-state index in [2.05, 4.69) is 21.2 Å². The predicted molar refractivity (Wildman–Crippen MR) is 90.5 cm³/mol. The van der Waals surface area contributed by atoms with Gasteiger partial charge < -0.3 is 5.32 Å². The molecule has 22 heavy (non-hydrogen) atoms. The molecule has 118 valence electrons. The van der Waals surface area contributed by atoms with Crippen LogP contribution in [0.15, 0.2) is 45.1 Å². The number of carbonyl (C=O) groups excluding carboxylic acids is 1. The zero-order valence-electron chi connectivity index (χ0n) is 12.0. The van der Waals surface area contributed by atoms with Crippen LogP contribution >= 0.6 is 27.3 Å². The summed E-state index contributed by atoms with van der Waals surface area (Å²) < 4.78 is 26.6. The maximum atomic E-state index is 12.3. The maximum Gasteiger partial charge on any atom is 0.261 e. The van der Waals surface area contributed by atoms with E-state index in [1.54, 1.807) is 36.4 Å². The normalized spacial score (nSPS) is 11.6. The van der Waals surface area contributed by atoms with Crippen molar-refractivity contribution in [3.05, 3.63) is 50.6 Å². The van der Waals surface area contributed by atoms with Gasteiger partial charge in [-0.15, -0.1) is 11.3 Å².